The van der Waals surface area contributed by atoms with Crippen LogP contribution < -0.4 is 5.32 Å². The molecule has 17 heavy (non-hydrogen) atoms. The molecule has 1 aromatic rings. The first-order valence-corrected chi connectivity index (χ1v) is 6.53. The zero-order valence-electron chi connectivity index (χ0n) is 10.0. The highest BCUT2D eigenvalue weighted by atomic mass is 35.5. The van der Waals surface area contributed by atoms with Crippen molar-refractivity contribution >= 4 is 17.3 Å². The quantitative estimate of drug-likeness (QED) is 0.851. The Labute approximate surface area is 108 Å². The normalized spacial score (nSPS) is 24.1. The predicted octanol–water partition coefficient (Wildman–Crippen LogP) is 4.20. The molecule has 0 aromatic heterocycles. The molecule has 1 saturated carbocycles. The second kappa shape index (κ2) is 5.42. The Hall–Kier alpha value is -1.20. The van der Waals surface area contributed by atoms with Gasteiger partial charge in [-0.1, -0.05) is 18.5 Å². The fourth-order valence-electron chi connectivity index (χ4n) is 2.34. The van der Waals surface area contributed by atoms with E-state index in [9.17, 15) is 0 Å². The standard InChI is InChI=1S/C14H17ClN2/c1-10-2-5-12(6-3-10)17-13-7-4-11(9-16)14(15)8-13/h4,7-8,10,12,17H,2-3,5-6H2,1H3. The summed E-state index contributed by atoms with van der Waals surface area (Å²) in [6.07, 6.45) is 5.03. The highest BCUT2D eigenvalue weighted by Gasteiger charge is 2.17. The van der Waals surface area contributed by atoms with Gasteiger partial charge in [-0.25, -0.2) is 0 Å². The maximum Gasteiger partial charge on any atom is 0.101 e. The summed E-state index contributed by atoms with van der Waals surface area (Å²) >= 11 is 6.01. The third-order valence-electron chi connectivity index (χ3n) is 3.48. The van der Waals surface area contributed by atoms with E-state index in [0.717, 1.165) is 11.6 Å². The van der Waals surface area contributed by atoms with Crippen LogP contribution in [0, 0.1) is 17.2 Å². The maximum atomic E-state index is 8.81. The van der Waals surface area contributed by atoms with E-state index in [2.05, 4.69) is 18.3 Å². The van der Waals surface area contributed by atoms with Gasteiger partial charge in [0.1, 0.15) is 6.07 Å². The van der Waals surface area contributed by atoms with Crippen molar-refractivity contribution in [3.8, 4) is 6.07 Å². The molecule has 0 aliphatic heterocycles. The van der Waals surface area contributed by atoms with Crippen LogP contribution in [0.5, 0.6) is 0 Å². The van der Waals surface area contributed by atoms with Gasteiger partial charge in [0, 0.05) is 11.7 Å². The molecule has 0 bridgehead atoms. The first-order valence-electron chi connectivity index (χ1n) is 6.15. The van der Waals surface area contributed by atoms with Gasteiger partial charge in [-0.05, 0) is 49.8 Å². The van der Waals surface area contributed by atoms with Crippen LogP contribution in [-0.4, -0.2) is 6.04 Å². The third kappa shape index (κ3) is 3.14. The molecule has 0 saturated heterocycles. The number of nitrogens with one attached hydrogen (secondary N) is 1. The van der Waals surface area contributed by atoms with Crippen LogP contribution in [0.4, 0.5) is 5.69 Å². The van der Waals surface area contributed by atoms with Gasteiger partial charge in [0.05, 0.1) is 10.6 Å². The lowest BCUT2D eigenvalue weighted by Crippen LogP contribution is -2.25. The second-order valence-corrected chi connectivity index (χ2v) is 5.31. The summed E-state index contributed by atoms with van der Waals surface area (Å²) in [5.41, 5.74) is 1.56. The number of anilines is 1. The molecule has 0 unspecified atom stereocenters. The summed E-state index contributed by atoms with van der Waals surface area (Å²) in [5.74, 6) is 0.859. The summed E-state index contributed by atoms with van der Waals surface area (Å²) in [6, 6.07) is 8.18. The number of nitrogens with zero attached hydrogens (tertiary/aromatic N) is 1. The van der Waals surface area contributed by atoms with Gasteiger partial charge in [-0.3, -0.25) is 0 Å². The summed E-state index contributed by atoms with van der Waals surface area (Å²) in [7, 11) is 0. The average Bonchev–Trinajstić information content (AvgIpc) is 2.32. The number of nitriles is 1. The van der Waals surface area contributed by atoms with E-state index in [1.54, 1.807) is 6.07 Å². The molecule has 2 nitrogen and oxygen atoms in total. The molecule has 0 radical (unpaired) electrons. The number of rotatable bonds is 2. The summed E-state index contributed by atoms with van der Waals surface area (Å²) in [5, 5.41) is 12.8. The van der Waals surface area contributed by atoms with E-state index in [1.807, 2.05) is 12.1 Å². The molecule has 90 valence electrons. The van der Waals surface area contributed by atoms with Crippen LogP contribution in [0.1, 0.15) is 38.2 Å². The molecular weight excluding hydrogens is 232 g/mol. The lowest BCUT2D eigenvalue weighted by Gasteiger charge is -2.27. The average molecular weight is 249 g/mol. The molecule has 1 aromatic carbocycles. The Kier molecular flexibility index (Phi) is 3.91. The van der Waals surface area contributed by atoms with Crippen molar-refractivity contribution in [2.24, 2.45) is 5.92 Å². The Bertz CT molecular complexity index is 428. The molecule has 2 rings (SSSR count). The van der Waals surface area contributed by atoms with Crippen molar-refractivity contribution in [1.29, 1.82) is 5.26 Å². The minimum atomic E-state index is 0.529. The van der Waals surface area contributed by atoms with E-state index >= 15 is 0 Å². The topological polar surface area (TPSA) is 35.8 Å². The van der Waals surface area contributed by atoms with Gasteiger partial charge in [0.2, 0.25) is 0 Å². The molecule has 3 heteroatoms. The van der Waals surface area contributed by atoms with E-state index in [0.29, 0.717) is 16.6 Å². The van der Waals surface area contributed by atoms with Crippen molar-refractivity contribution < 1.29 is 0 Å². The van der Waals surface area contributed by atoms with E-state index in [-0.39, 0.29) is 0 Å². The van der Waals surface area contributed by atoms with Crippen molar-refractivity contribution in [3.05, 3.63) is 28.8 Å². The maximum absolute atomic E-state index is 8.81. The van der Waals surface area contributed by atoms with Crippen molar-refractivity contribution in [2.75, 3.05) is 5.32 Å². The molecule has 1 aliphatic carbocycles. The predicted molar refractivity (Wildman–Crippen MR) is 71.2 cm³/mol. The number of benzene rings is 1. The summed E-state index contributed by atoms with van der Waals surface area (Å²) in [6.45, 7) is 2.31. The number of halogens is 1. The number of hydrogen-bond acceptors (Lipinski definition) is 2. The first kappa shape index (κ1) is 12.3. The van der Waals surface area contributed by atoms with Gasteiger partial charge in [-0.15, -0.1) is 0 Å². The van der Waals surface area contributed by atoms with Gasteiger partial charge in [0.15, 0.2) is 0 Å². The minimum Gasteiger partial charge on any atom is -0.382 e. The minimum absolute atomic E-state index is 0.529. The number of hydrogen-bond donors (Lipinski definition) is 1. The zero-order valence-corrected chi connectivity index (χ0v) is 10.8. The molecular formula is C14H17ClN2. The molecule has 0 atom stereocenters. The largest absolute Gasteiger partial charge is 0.382 e. The lowest BCUT2D eigenvalue weighted by atomic mass is 9.87. The smallest absolute Gasteiger partial charge is 0.101 e. The SMILES string of the molecule is CC1CCC(Nc2ccc(C#N)c(Cl)c2)CC1. The molecule has 0 heterocycles. The fourth-order valence-corrected chi connectivity index (χ4v) is 2.56. The molecule has 1 aliphatic rings. The van der Waals surface area contributed by atoms with E-state index < -0.39 is 0 Å². The Morgan fingerprint density at radius 1 is 1.29 bits per heavy atom. The Morgan fingerprint density at radius 2 is 2.00 bits per heavy atom. The van der Waals surface area contributed by atoms with Crippen molar-refractivity contribution in [3.63, 3.8) is 0 Å². The summed E-state index contributed by atoms with van der Waals surface area (Å²) in [4.78, 5) is 0. The van der Waals surface area contributed by atoms with Crippen molar-refractivity contribution in [1.82, 2.24) is 0 Å². The first-order chi connectivity index (χ1) is 8.19. The third-order valence-corrected chi connectivity index (χ3v) is 3.79. The fraction of sp³-hybridized carbons (Fsp3) is 0.500. The lowest BCUT2D eigenvalue weighted by molar-refractivity contribution is 0.361. The van der Waals surface area contributed by atoms with Crippen molar-refractivity contribution in [2.45, 2.75) is 38.6 Å². The monoisotopic (exact) mass is 248 g/mol. The van der Waals surface area contributed by atoms with Crippen LogP contribution in [0.25, 0.3) is 0 Å². The van der Waals surface area contributed by atoms with Crippen LogP contribution >= 0.6 is 11.6 Å². The van der Waals surface area contributed by atoms with E-state index in [4.69, 9.17) is 16.9 Å². The summed E-state index contributed by atoms with van der Waals surface area (Å²) < 4.78 is 0. The van der Waals surface area contributed by atoms with Crippen LogP contribution in [0.3, 0.4) is 0 Å². The Morgan fingerprint density at radius 3 is 2.59 bits per heavy atom. The highest BCUT2D eigenvalue weighted by Crippen LogP contribution is 2.27. The van der Waals surface area contributed by atoms with Gasteiger partial charge >= 0.3 is 0 Å². The van der Waals surface area contributed by atoms with Gasteiger partial charge in [0.25, 0.3) is 0 Å². The van der Waals surface area contributed by atoms with Crippen LogP contribution in [0.15, 0.2) is 18.2 Å². The molecule has 0 amide bonds. The molecule has 1 fully saturated rings. The second-order valence-electron chi connectivity index (χ2n) is 4.91. The van der Waals surface area contributed by atoms with E-state index in [1.165, 1.54) is 25.7 Å². The zero-order chi connectivity index (χ0) is 12.3. The highest BCUT2D eigenvalue weighted by molar-refractivity contribution is 6.32. The van der Waals surface area contributed by atoms with Crippen LogP contribution in [-0.2, 0) is 0 Å². The van der Waals surface area contributed by atoms with Gasteiger partial charge in [-0.2, -0.15) is 5.26 Å². The van der Waals surface area contributed by atoms with Gasteiger partial charge < -0.3 is 5.32 Å². The Balaban J connectivity index is 2.00. The molecule has 0 spiro atoms. The van der Waals surface area contributed by atoms with Crippen LogP contribution in [0.2, 0.25) is 5.02 Å². The molecule has 1 N–H and O–H groups in total.